The number of H-pyrrole nitrogens is 1. The minimum Gasteiger partial charge on any atom is -0.497 e. The van der Waals surface area contributed by atoms with E-state index in [1.165, 1.54) is 10.6 Å². The number of pyridine rings is 1. The summed E-state index contributed by atoms with van der Waals surface area (Å²) in [5.41, 5.74) is 1.49. The summed E-state index contributed by atoms with van der Waals surface area (Å²) in [5, 5.41) is 9.17. The van der Waals surface area contributed by atoms with Gasteiger partial charge in [0.05, 0.1) is 18.7 Å². The zero-order valence-electron chi connectivity index (χ0n) is 13.4. The first kappa shape index (κ1) is 15.8. The van der Waals surface area contributed by atoms with Gasteiger partial charge >= 0.3 is 5.69 Å². The molecule has 124 valence electrons. The van der Waals surface area contributed by atoms with Crippen LogP contribution in [0.3, 0.4) is 0 Å². The minimum absolute atomic E-state index is 0.125. The second-order valence-corrected chi connectivity index (χ2v) is 5.38. The highest BCUT2D eigenvalue weighted by atomic mass is 16.5. The van der Waals surface area contributed by atoms with Crippen molar-refractivity contribution in [3.05, 3.63) is 64.2 Å². The number of hydrogen-bond donors (Lipinski definition) is 2. The van der Waals surface area contributed by atoms with E-state index in [4.69, 9.17) is 4.74 Å². The van der Waals surface area contributed by atoms with Crippen LogP contribution in [0.5, 0.6) is 5.75 Å². The molecular formula is C17H18N4O3. The first-order valence-electron chi connectivity index (χ1n) is 7.64. The lowest BCUT2D eigenvalue weighted by Gasteiger charge is -2.18. The number of rotatable bonds is 5. The van der Waals surface area contributed by atoms with Crippen molar-refractivity contribution >= 4 is 11.6 Å². The lowest BCUT2D eigenvalue weighted by molar-refractivity contribution is 0.0935. The number of nitrogens with one attached hydrogen (secondary N) is 2. The Morgan fingerprint density at radius 1 is 1.29 bits per heavy atom. The summed E-state index contributed by atoms with van der Waals surface area (Å²) in [4.78, 5) is 24.1. The summed E-state index contributed by atoms with van der Waals surface area (Å²) < 4.78 is 6.46. The number of carbonyl (C=O) groups is 1. The number of methoxy groups -OCH3 is 1. The summed E-state index contributed by atoms with van der Waals surface area (Å²) in [7, 11) is 1.61. The summed E-state index contributed by atoms with van der Waals surface area (Å²) in [5.74, 6) is 0.525. The standard InChI is InChI=1S/C17H18N4O3/c1-3-14(11-4-7-13(24-2)8-5-11)18-16(22)12-6-9-15-19-20-17(23)21(15)10-12/h4-10,14H,3H2,1-2H3,(H,18,22)(H,20,23). The van der Waals surface area contributed by atoms with Gasteiger partial charge in [0, 0.05) is 6.20 Å². The molecule has 0 aliphatic heterocycles. The average Bonchev–Trinajstić information content (AvgIpc) is 3.00. The van der Waals surface area contributed by atoms with E-state index < -0.39 is 0 Å². The predicted molar refractivity (Wildman–Crippen MR) is 89.3 cm³/mol. The molecule has 0 bridgehead atoms. The van der Waals surface area contributed by atoms with Gasteiger partial charge in [-0.3, -0.25) is 4.79 Å². The smallest absolute Gasteiger partial charge is 0.347 e. The van der Waals surface area contributed by atoms with Crippen LogP contribution < -0.4 is 15.7 Å². The summed E-state index contributed by atoms with van der Waals surface area (Å²) in [6.45, 7) is 2.00. The van der Waals surface area contributed by atoms with Gasteiger partial charge < -0.3 is 10.1 Å². The maximum absolute atomic E-state index is 12.5. The van der Waals surface area contributed by atoms with Crippen molar-refractivity contribution in [2.24, 2.45) is 0 Å². The summed E-state index contributed by atoms with van der Waals surface area (Å²) in [6.07, 6.45) is 2.23. The number of nitrogens with zero attached hydrogens (tertiary/aromatic N) is 2. The molecule has 0 saturated heterocycles. The molecule has 0 aliphatic rings. The minimum atomic E-state index is -0.373. The van der Waals surface area contributed by atoms with Gasteiger partial charge in [-0.2, -0.15) is 5.10 Å². The van der Waals surface area contributed by atoms with Crippen LogP contribution in [0, 0.1) is 0 Å². The van der Waals surface area contributed by atoms with E-state index in [9.17, 15) is 9.59 Å². The highest BCUT2D eigenvalue weighted by molar-refractivity contribution is 5.94. The quantitative estimate of drug-likeness (QED) is 0.749. The van der Waals surface area contributed by atoms with Gasteiger partial charge in [-0.25, -0.2) is 14.3 Å². The molecule has 1 unspecified atom stereocenters. The fraction of sp³-hybridized carbons (Fsp3) is 0.235. The molecule has 0 spiro atoms. The van der Waals surface area contributed by atoms with Crippen molar-refractivity contribution in [3.63, 3.8) is 0 Å². The first-order chi connectivity index (χ1) is 11.6. The fourth-order valence-corrected chi connectivity index (χ4v) is 2.54. The van der Waals surface area contributed by atoms with Gasteiger partial charge in [0.15, 0.2) is 5.65 Å². The molecule has 1 atom stereocenters. The number of hydrogen-bond acceptors (Lipinski definition) is 4. The molecule has 1 amide bonds. The van der Waals surface area contributed by atoms with Crippen LogP contribution in [0.4, 0.5) is 0 Å². The van der Waals surface area contributed by atoms with Crippen molar-refractivity contribution in [1.29, 1.82) is 0 Å². The lowest BCUT2D eigenvalue weighted by Crippen LogP contribution is -2.28. The van der Waals surface area contributed by atoms with E-state index in [1.807, 2.05) is 31.2 Å². The molecule has 2 heterocycles. The molecule has 0 radical (unpaired) electrons. The van der Waals surface area contributed by atoms with Gasteiger partial charge in [0.2, 0.25) is 0 Å². The van der Waals surface area contributed by atoms with Crippen molar-refractivity contribution in [2.45, 2.75) is 19.4 Å². The van der Waals surface area contributed by atoms with Gasteiger partial charge in [-0.1, -0.05) is 19.1 Å². The predicted octanol–water partition coefficient (Wildman–Crippen LogP) is 1.91. The van der Waals surface area contributed by atoms with Crippen molar-refractivity contribution in [2.75, 3.05) is 7.11 Å². The molecular weight excluding hydrogens is 308 g/mol. The third kappa shape index (κ3) is 3.01. The normalized spacial score (nSPS) is 12.1. The highest BCUT2D eigenvalue weighted by Crippen LogP contribution is 2.20. The Kier molecular flexibility index (Phi) is 4.33. The largest absolute Gasteiger partial charge is 0.497 e. The molecule has 3 rings (SSSR count). The molecule has 0 aliphatic carbocycles. The monoisotopic (exact) mass is 326 g/mol. The van der Waals surface area contributed by atoms with Crippen LogP contribution >= 0.6 is 0 Å². The third-order valence-corrected chi connectivity index (χ3v) is 3.91. The second kappa shape index (κ2) is 6.57. The molecule has 1 aromatic carbocycles. The van der Waals surface area contributed by atoms with Gasteiger partial charge in [0.1, 0.15) is 5.75 Å². The van der Waals surface area contributed by atoms with Crippen molar-refractivity contribution < 1.29 is 9.53 Å². The van der Waals surface area contributed by atoms with Crippen molar-refractivity contribution in [1.82, 2.24) is 19.9 Å². The maximum Gasteiger partial charge on any atom is 0.347 e. The number of aromatic nitrogens is 3. The number of aromatic amines is 1. The van der Waals surface area contributed by atoms with Gasteiger partial charge in [-0.15, -0.1) is 0 Å². The van der Waals surface area contributed by atoms with Crippen LogP contribution in [0.2, 0.25) is 0 Å². The van der Waals surface area contributed by atoms with Crippen molar-refractivity contribution in [3.8, 4) is 5.75 Å². The Morgan fingerprint density at radius 2 is 2.04 bits per heavy atom. The number of amides is 1. The zero-order chi connectivity index (χ0) is 17.1. The fourth-order valence-electron chi connectivity index (χ4n) is 2.54. The SMILES string of the molecule is CCC(NC(=O)c1ccc2n[nH]c(=O)n2c1)c1ccc(OC)cc1. The number of benzene rings is 1. The second-order valence-electron chi connectivity index (χ2n) is 5.38. The number of fused-ring (bicyclic) bond motifs is 1. The Morgan fingerprint density at radius 3 is 2.71 bits per heavy atom. The molecule has 2 N–H and O–H groups in total. The van der Waals surface area contributed by atoms with E-state index in [0.29, 0.717) is 11.2 Å². The van der Waals surface area contributed by atoms with E-state index >= 15 is 0 Å². The molecule has 0 fully saturated rings. The third-order valence-electron chi connectivity index (χ3n) is 3.91. The Bertz CT molecular complexity index is 911. The van der Waals surface area contributed by atoms with E-state index in [0.717, 1.165) is 17.7 Å². The van der Waals surface area contributed by atoms with E-state index in [2.05, 4.69) is 15.5 Å². The van der Waals surface area contributed by atoms with E-state index in [-0.39, 0.29) is 17.6 Å². The lowest BCUT2D eigenvalue weighted by atomic mass is 10.0. The molecule has 7 nitrogen and oxygen atoms in total. The number of ether oxygens (including phenoxy) is 1. The van der Waals surface area contributed by atoms with Gasteiger partial charge in [-0.05, 0) is 36.2 Å². The van der Waals surface area contributed by atoms with Crippen LogP contribution in [-0.2, 0) is 0 Å². The highest BCUT2D eigenvalue weighted by Gasteiger charge is 2.15. The number of carbonyl (C=O) groups excluding carboxylic acids is 1. The first-order valence-corrected chi connectivity index (χ1v) is 7.64. The van der Waals surface area contributed by atoms with Gasteiger partial charge in [0.25, 0.3) is 5.91 Å². The zero-order valence-corrected chi connectivity index (χ0v) is 13.4. The Labute approximate surface area is 138 Å². The van der Waals surface area contributed by atoms with Crippen LogP contribution in [0.1, 0.15) is 35.3 Å². The Hall–Kier alpha value is -3.09. The molecule has 2 aromatic heterocycles. The molecule has 3 aromatic rings. The molecule has 24 heavy (non-hydrogen) atoms. The summed E-state index contributed by atoms with van der Waals surface area (Å²) >= 11 is 0. The van der Waals surface area contributed by atoms with Crippen LogP contribution in [-0.4, -0.2) is 27.6 Å². The average molecular weight is 326 g/mol. The molecule has 0 saturated carbocycles. The van der Waals surface area contributed by atoms with Crippen LogP contribution in [0.25, 0.3) is 5.65 Å². The topological polar surface area (TPSA) is 88.5 Å². The van der Waals surface area contributed by atoms with E-state index in [1.54, 1.807) is 19.2 Å². The summed E-state index contributed by atoms with van der Waals surface area (Å²) in [6, 6.07) is 10.7. The Balaban J connectivity index is 1.82. The van der Waals surface area contributed by atoms with Crippen LogP contribution in [0.15, 0.2) is 47.4 Å². The molecule has 7 heteroatoms. The maximum atomic E-state index is 12.5.